The number of rotatable bonds is 5. The maximum atomic E-state index is 6.02. The zero-order chi connectivity index (χ0) is 14.5. The number of nitrogen functional groups attached to an aromatic ring is 1. The Hall–Kier alpha value is -1.72. The summed E-state index contributed by atoms with van der Waals surface area (Å²) in [7, 11) is 0. The Kier molecular flexibility index (Phi) is 4.87. The summed E-state index contributed by atoms with van der Waals surface area (Å²) in [4.78, 5) is 12.9. The molecule has 2 aromatic rings. The van der Waals surface area contributed by atoms with E-state index in [9.17, 15) is 0 Å². The average molecular weight is 292 g/mol. The molecule has 0 saturated carbocycles. The predicted molar refractivity (Wildman–Crippen MR) is 80.6 cm³/mol. The number of nitrogens with zero attached hydrogens (tertiary/aromatic N) is 3. The molecule has 0 saturated heterocycles. The molecule has 3 N–H and O–H groups in total. The number of nitrogens with one attached hydrogen (secondary N) is 1. The second-order valence-electron chi connectivity index (χ2n) is 4.63. The number of hydrogen-bond acceptors (Lipinski definition) is 5. The first-order valence-corrected chi connectivity index (χ1v) is 6.92. The lowest BCUT2D eigenvalue weighted by atomic mass is 10.1. The second-order valence-corrected chi connectivity index (χ2v) is 5.07. The van der Waals surface area contributed by atoms with Crippen molar-refractivity contribution in [2.45, 2.75) is 26.3 Å². The van der Waals surface area contributed by atoms with Crippen molar-refractivity contribution < 1.29 is 0 Å². The van der Waals surface area contributed by atoms with Crippen LogP contribution in [0.1, 0.15) is 36.3 Å². The van der Waals surface area contributed by atoms with Crippen LogP contribution in [0.2, 0.25) is 5.02 Å². The Balaban J connectivity index is 2.41. The van der Waals surface area contributed by atoms with Gasteiger partial charge in [0.05, 0.1) is 11.1 Å². The number of pyridine rings is 1. The van der Waals surface area contributed by atoms with E-state index < -0.39 is 0 Å². The van der Waals surface area contributed by atoms with Gasteiger partial charge in [-0.2, -0.15) is 0 Å². The van der Waals surface area contributed by atoms with Crippen LogP contribution in [0.5, 0.6) is 0 Å². The summed E-state index contributed by atoms with van der Waals surface area (Å²) >= 11 is 6.02. The maximum absolute atomic E-state index is 6.02. The molecular formula is C14H18ClN5. The van der Waals surface area contributed by atoms with Crippen LogP contribution in [0.15, 0.2) is 24.7 Å². The van der Waals surface area contributed by atoms with Crippen molar-refractivity contribution in [2.24, 2.45) is 0 Å². The van der Waals surface area contributed by atoms with Gasteiger partial charge in [0.25, 0.3) is 0 Å². The van der Waals surface area contributed by atoms with Gasteiger partial charge in [0, 0.05) is 24.2 Å². The molecule has 0 aromatic carbocycles. The molecule has 0 fully saturated rings. The Morgan fingerprint density at radius 2 is 1.95 bits per heavy atom. The highest BCUT2D eigenvalue weighted by Crippen LogP contribution is 2.25. The molecule has 0 aliphatic rings. The summed E-state index contributed by atoms with van der Waals surface area (Å²) in [5.74, 6) is 1.10. The summed E-state index contributed by atoms with van der Waals surface area (Å²) in [6.45, 7) is 4.88. The van der Waals surface area contributed by atoms with E-state index in [0.717, 1.165) is 24.1 Å². The van der Waals surface area contributed by atoms with Crippen LogP contribution in [0.25, 0.3) is 0 Å². The third-order valence-electron chi connectivity index (χ3n) is 2.88. The minimum Gasteiger partial charge on any atom is -0.383 e. The molecule has 0 bridgehead atoms. The van der Waals surface area contributed by atoms with E-state index in [-0.39, 0.29) is 6.04 Å². The van der Waals surface area contributed by atoms with Crippen molar-refractivity contribution in [1.29, 1.82) is 0 Å². The van der Waals surface area contributed by atoms with E-state index in [4.69, 9.17) is 17.3 Å². The third-order valence-corrected chi connectivity index (χ3v) is 3.09. The Morgan fingerprint density at radius 1 is 1.25 bits per heavy atom. The molecule has 0 spiro atoms. The first-order chi connectivity index (χ1) is 9.61. The fraction of sp³-hybridized carbons (Fsp3) is 0.357. The van der Waals surface area contributed by atoms with Crippen molar-refractivity contribution >= 4 is 17.4 Å². The van der Waals surface area contributed by atoms with Gasteiger partial charge >= 0.3 is 0 Å². The molecule has 20 heavy (non-hydrogen) atoms. The highest BCUT2D eigenvalue weighted by molar-refractivity contribution is 6.30. The molecule has 6 heteroatoms. The highest BCUT2D eigenvalue weighted by atomic mass is 35.5. The van der Waals surface area contributed by atoms with E-state index in [2.05, 4.69) is 27.2 Å². The van der Waals surface area contributed by atoms with Crippen LogP contribution in [0, 0.1) is 6.92 Å². The number of anilines is 1. The summed E-state index contributed by atoms with van der Waals surface area (Å²) in [6.07, 6.45) is 6.11. The van der Waals surface area contributed by atoms with Crippen molar-refractivity contribution in [1.82, 2.24) is 20.3 Å². The molecule has 2 heterocycles. The molecule has 0 aliphatic carbocycles. The Bertz CT molecular complexity index is 570. The molecule has 106 valence electrons. The average Bonchev–Trinajstić information content (AvgIpc) is 2.44. The Labute approximate surface area is 123 Å². The monoisotopic (exact) mass is 291 g/mol. The van der Waals surface area contributed by atoms with E-state index >= 15 is 0 Å². The van der Waals surface area contributed by atoms with Crippen molar-refractivity contribution in [3.63, 3.8) is 0 Å². The highest BCUT2D eigenvalue weighted by Gasteiger charge is 2.19. The van der Waals surface area contributed by atoms with E-state index in [1.54, 1.807) is 18.5 Å². The largest absolute Gasteiger partial charge is 0.383 e. The normalized spacial score (nSPS) is 12.3. The molecule has 1 atom stereocenters. The lowest BCUT2D eigenvalue weighted by Crippen LogP contribution is -2.26. The first kappa shape index (κ1) is 14.7. The fourth-order valence-corrected chi connectivity index (χ4v) is 2.04. The van der Waals surface area contributed by atoms with Gasteiger partial charge in [0.1, 0.15) is 11.6 Å². The molecule has 1 unspecified atom stereocenters. The van der Waals surface area contributed by atoms with Crippen LogP contribution >= 0.6 is 11.6 Å². The van der Waals surface area contributed by atoms with E-state index in [1.165, 1.54) is 6.20 Å². The van der Waals surface area contributed by atoms with E-state index in [0.29, 0.717) is 16.7 Å². The molecular weight excluding hydrogens is 274 g/mol. The SMILES string of the molecule is CCCNC(c1ncc(C)cn1)c1cc(Cl)cnc1N. The van der Waals surface area contributed by atoms with Crippen molar-refractivity contribution in [3.05, 3.63) is 46.6 Å². The molecule has 2 rings (SSSR count). The maximum Gasteiger partial charge on any atom is 0.149 e. The van der Waals surface area contributed by atoms with Crippen molar-refractivity contribution in [3.8, 4) is 0 Å². The number of aromatic nitrogens is 3. The lowest BCUT2D eigenvalue weighted by molar-refractivity contribution is 0.571. The van der Waals surface area contributed by atoms with Crippen LogP contribution in [0.4, 0.5) is 5.82 Å². The van der Waals surface area contributed by atoms with Gasteiger partial charge in [0.15, 0.2) is 0 Å². The van der Waals surface area contributed by atoms with Gasteiger partial charge in [-0.05, 0) is 31.5 Å². The van der Waals surface area contributed by atoms with E-state index in [1.807, 2.05) is 6.92 Å². The number of halogens is 1. The first-order valence-electron chi connectivity index (χ1n) is 6.54. The van der Waals surface area contributed by atoms with Gasteiger partial charge in [-0.15, -0.1) is 0 Å². The minimum absolute atomic E-state index is 0.207. The quantitative estimate of drug-likeness (QED) is 0.885. The van der Waals surface area contributed by atoms with Gasteiger partial charge in [-0.3, -0.25) is 0 Å². The standard InChI is InChI=1S/C14H18ClN5/c1-3-4-17-12(14-19-6-9(2)7-20-14)11-5-10(15)8-18-13(11)16/h5-8,12,17H,3-4H2,1-2H3,(H2,16,18). The van der Waals surface area contributed by atoms with Crippen molar-refractivity contribution in [2.75, 3.05) is 12.3 Å². The van der Waals surface area contributed by atoms with Crippen LogP contribution < -0.4 is 11.1 Å². The lowest BCUT2D eigenvalue weighted by Gasteiger charge is -2.19. The van der Waals surface area contributed by atoms with Crippen LogP contribution in [0.3, 0.4) is 0 Å². The van der Waals surface area contributed by atoms with Gasteiger partial charge in [-0.1, -0.05) is 18.5 Å². The predicted octanol–water partition coefficient (Wildman–Crippen LogP) is 2.50. The van der Waals surface area contributed by atoms with Gasteiger partial charge < -0.3 is 11.1 Å². The molecule has 5 nitrogen and oxygen atoms in total. The summed E-state index contributed by atoms with van der Waals surface area (Å²) < 4.78 is 0. The fourth-order valence-electron chi connectivity index (χ4n) is 1.88. The molecule has 0 aliphatic heterocycles. The summed E-state index contributed by atoms with van der Waals surface area (Å²) in [5, 5.41) is 3.93. The number of nitrogens with two attached hydrogens (primary N) is 1. The van der Waals surface area contributed by atoms with Crippen LogP contribution in [-0.4, -0.2) is 21.5 Å². The van der Waals surface area contributed by atoms with Gasteiger partial charge in [-0.25, -0.2) is 15.0 Å². The second kappa shape index (κ2) is 6.63. The number of hydrogen-bond donors (Lipinski definition) is 2. The zero-order valence-corrected chi connectivity index (χ0v) is 12.4. The molecule has 0 amide bonds. The number of aryl methyl sites for hydroxylation is 1. The summed E-state index contributed by atoms with van der Waals surface area (Å²) in [5.41, 5.74) is 7.78. The molecule has 2 aromatic heterocycles. The smallest absolute Gasteiger partial charge is 0.149 e. The van der Waals surface area contributed by atoms with Crippen LogP contribution in [-0.2, 0) is 0 Å². The topological polar surface area (TPSA) is 76.7 Å². The minimum atomic E-state index is -0.207. The molecule has 0 radical (unpaired) electrons. The summed E-state index contributed by atoms with van der Waals surface area (Å²) in [6, 6.07) is 1.60. The third kappa shape index (κ3) is 3.43. The Morgan fingerprint density at radius 3 is 2.60 bits per heavy atom. The zero-order valence-electron chi connectivity index (χ0n) is 11.6. The van der Waals surface area contributed by atoms with Gasteiger partial charge in [0.2, 0.25) is 0 Å².